The van der Waals surface area contributed by atoms with Gasteiger partial charge in [-0.25, -0.2) is 0 Å². The van der Waals surface area contributed by atoms with Gasteiger partial charge in [-0.2, -0.15) is 0 Å². The highest BCUT2D eigenvalue weighted by molar-refractivity contribution is 5.98. The minimum absolute atomic E-state index is 0.108. The number of methoxy groups -OCH3 is 1. The molecule has 1 aromatic carbocycles. The fourth-order valence-electron chi connectivity index (χ4n) is 3.06. The second-order valence-corrected chi connectivity index (χ2v) is 6.10. The van der Waals surface area contributed by atoms with E-state index in [0.717, 1.165) is 24.8 Å². The van der Waals surface area contributed by atoms with Crippen LogP contribution < -0.4 is 15.8 Å². The molecule has 1 aromatic rings. The first-order chi connectivity index (χ1) is 10.1. The number of carbonyl (C=O) groups is 1. The van der Waals surface area contributed by atoms with Gasteiger partial charge in [-0.05, 0) is 30.4 Å². The molecule has 0 saturated heterocycles. The molecular weight excluding hydrogens is 264 g/mol. The Balaban J connectivity index is 1.84. The first-order valence-corrected chi connectivity index (χ1v) is 7.82. The maximum atomic E-state index is 12.2. The second kappa shape index (κ2) is 7.34. The summed E-state index contributed by atoms with van der Waals surface area (Å²) < 4.78 is 5.22. The van der Waals surface area contributed by atoms with Gasteiger partial charge in [-0.1, -0.05) is 38.7 Å². The largest absolute Gasteiger partial charge is 0.494 e. The zero-order valence-corrected chi connectivity index (χ0v) is 13.0. The van der Waals surface area contributed by atoms with Gasteiger partial charge < -0.3 is 15.8 Å². The zero-order valence-electron chi connectivity index (χ0n) is 13.0. The molecule has 0 unspecified atom stereocenters. The fraction of sp³-hybridized carbons (Fsp3) is 0.588. The number of nitrogens with one attached hydrogen (secondary N) is 1. The second-order valence-electron chi connectivity index (χ2n) is 6.10. The quantitative estimate of drug-likeness (QED) is 0.818. The van der Waals surface area contributed by atoms with Crippen molar-refractivity contribution in [3.63, 3.8) is 0 Å². The fourth-order valence-corrected chi connectivity index (χ4v) is 3.06. The topological polar surface area (TPSA) is 64.3 Å². The van der Waals surface area contributed by atoms with E-state index in [1.807, 2.05) is 0 Å². The van der Waals surface area contributed by atoms with Gasteiger partial charge in [0.2, 0.25) is 0 Å². The van der Waals surface area contributed by atoms with Crippen LogP contribution in [-0.2, 0) is 0 Å². The van der Waals surface area contributed by atoms with E-state index in [0.29, 0.717) is 17.0 Å². The van der Waals surface area contributed by atoms with Gasteiger partial charge in [0.05, 0.1) is 18.4 Å². The van der Waals surface area contributed by atoms with Crippen LogP contribution in [0.4, 0.5) is 5.69 Å². The van der Waals surface area contributed by atoms with Crippen molar-refractivity contribution >= 4 is 11.6 Å². The molecule has 1 aliphatic rings. The maximum absolute atomic E-state index is 12.2. The van der Waals surface area contributed by atoms with E-state index in [4.69, 9.17) is 10.5 Å². The summed E-state index contributed by atoms with van der Waals surface area (Å²) >= 11 is 0. The van der Waals surface area contributed by atoms with E-state index >= 15 is 0 Å². The summed E-state index contributed by atoms with van der Waals surface area (Å²) in [5.41, 5.74) is 6.82. The Labute approximate surface area is 127 Å². The minimum Gasteiger partial charge on any atom is -0.494 e. The van der Waals surface area contributed by atoms with E-state index < -0.39 is 0 Å². The molecule has 0 radical (unpaired) electrons. The SMILES string of the molecule is COc1c(N)cccc1C(=O)NCCC1CCC(C)CC1. The lowest BCUT2D eigenvalue weighted by Gasteiger charge is -2.26. The van der Waals surface area contributed by atoms with Crippen LogP contribution in [0.1, 0.15) is 49.4 Å². The molecule has 0 spiro atoms. The summed E-state index contributed by atoms with van der Waals surface area (Å²) in [6.45, 7) is 3.04. The molecule has 1 fully saturated rings. The van der Waals surface area contributed by atoms with E-state index in [1.165, 1.54) is 32.8 Å². The monoisotopic (exact) mass is 290 g/mol. The van der Waals surface area contributed by atoms with Crippen molar-refractivity contribution in [2.24, 2.45) is 11.8 Å². The summed E-state index contributed by atoms with van der Waals surface area (Å²) in [6.07, 6.45) is 6.28. The number of anilines is 1. The summed E-state index contributed by atoms with van der Waals surface area (Å²) in [5.74, 6) is 1.97. The van der Waals surface area contributed by atoms with Gasteiger partial charge in [0.25, 0.3) is 5.91 Å². The lowest BCUT2D eigenvalue weighted by atomic mass is 9.81. The summed E-state index contributed by atoms with van der Waals surface area (Å²) in [5, 5.41) is 2.98. The Bertz CT molecular complexity index is 480. The molecule has 0 bridgehead atoms. The Morgan fingerprint density at radius 3 is 2.71 bits per heavy atom. The number of carbonyl (C=O) groups excluding carboxylic acids is 1. The van der Waals surface area contributed by atoms with Gasteiger partial charge in [-0.15, -0.1) is 0 Å². The smallest absolute Gasteiger partial charge is 0.255 e. The molecule has 0 aromatic heterocycles. The van der Waals surface area contributed by atoms with Crippen LogP contribution in [0.5, 0.6) is 5.75 Å². The number of hydrogen-bond acceptors (Lipinski definition) is 3. The Kier molecular flexibility index (Phi) is 5.48. The molecule has 1 amide bonds. The van der Waals surface area contributed by atoms with Gasteiger partial charge in [0.1, 0.15) is 0 Å². The predicted molar refractivity (Wildman–Crippen MR) is 85.5 cm³/mol. The van der Waals surface area contributed by atoms with Crippen molar-refractivity contribution in [1.29, 1.82) is 0 Å². The molecular formula is C17H26N2O2. The molecule has 116 valence electrons. The van der Waals surface area contributed by atoms with Gasteiger partial charge in [-0.3, -0.25) is 4.79 Å². The molecule has 0 atom stereocenters. The first-order valence-electron chi connectivity index (χ1n) is 7.82. The number of amides is 1. The lowest BCUT2D eigenvalue weighted by molar-refractivity contribution is 0.0947. The number of benzene rings is 1. The van der Waals surface area contributed by atoms with E-state index in [-0.39, 0.29) is 5.91 Å². The van der Waals surface area contributed by atoms with E-state index in [9.17, 15) is 4.79 Å². The third kappa shape index (κ3) is 4.13. The van der Waals surface area contributed by atoms with Crippen LogP contribution in [0.15, 0.2) is 18.2 Å². The molecule has 2 rings (SSSR count). The van der Waals surface area contributed by atoms with Crippen molar-refractivity contribution in [1.82, 2.24) is 5.32 Å². The summed E-state index contributed by atoms with van der Waals surface area (Å²) in [4.78, 5) is 12.2. The molecule has 1 saturated carbocycles. The van der Waals surface area contributed by atoms with Crippen LogP contribution in [0.25, 0.3) is 0 Å². The molecule has 3 N–H and O–H groups in total. The van der Waals surface area contributed by atoms with E-state index in [2.05, 4.69) is 12.2 Å². The van der Waals surface area contributed by atoms with E-state index in [1.54, 1.807) is 18.2 Å². The van der Waals surface area contributed by atoms with Crippen LogP contribution in [0, 0.1) is 11.8 Å². The minimum atomic E-state index is -0.108. The van der Waals surface area contributed by atoms with Crippen molar-refractivity contribution in [2.75, 3.05) is 19.4 Å². The third-order valence-corrected chi connectivity index (χ3v) is 4.47. The van der Waals surface area contributed by atoms with Gasteiger partial charge in [0.15, 0.2) is 5.75 Å². The summed E-state index contributed by atoms with van der Waals surface area (Å²) in [7, 11) is 1.53. The number of hydrogen-bond donors (Lipinski definition) is 2. The average Bonchev–Trinajstić information content (AvgIpc) is 2.49. The highest BCUT2D eigenvalue weighted by Gasteiger charge is 2.19. The first kappa shape index (κ1) is 15.7. The van der Waals surface area contributed by atoms with Crippen molar-refractivity contribution in [3.05, 3.63) is 23.8 Å². The van der Waals surface area contributed by atoms with Crippen molar-refractivity contribution < 1.29 is 9.53 Å². The third-order valence-electron chi connectivity index (χ3n) is 4.47. The van der Waals surface area contributed by atoms with Crippen molar-refractivity contribution in [3.8, 4) is 5.75 Å². The number of para-hydroxylation sites is 1. The van der Waals surface area contributed by atoms with Crippen molar-refractivity contribution in [2.45, 2.75) is 39.0 Å². The number of rotatable bonds is 5. The van der Waals surface area contributed by atoms with Crippen LogP contribution >= 0.6 is 0 Å². The molecule has 1 aliphatic carbocycles. The zero-order chi connectivity index (χ0) is 15.2. The Hall–Kier alpha value is -1.71. The lowest BCUT2D eigenvalue weighted by Crippen LogP contribution is -2.27. The molecule has 21 heavy (non-hydrogen) atoms. The Morgan fingerprint density at radius 2 is 2.05 bits per heavy atom. The van der Waals surface area contributed by atoms with Crippen LogP contribution in [0.2, 0.25) is 0 Å². The average molecular weight is 290 g/mol. The predicted octanol–water partition coefficient (Wildman–Crippen LogP) is 3.22. The highest BCUT2D eigenvalue weighted by Crippen LogP contribution is 2.30. The maximum Gasteiger partial charge on any atom is 0.255 e. The van der Waals surface area contributed by atoms with Crippen LogP contribution in [-0.4, -0.2) is 19.6 Å². The normalized spacial score (nSPS) is 21.8. The standard InChI is InChI=1S/C17H26N2O2/c1-12-6-8-13(9-7-12)10-11-19-17(20)14-4-3-5-15(18)16(14)21-2/h3-5,12-13H,6-11,18H2,1-2H3,(H,19,20). The summed E-state index contributed by atoms with van der Waals surface area (Å²) in [6, 6.07) is 5.25. The highest BCUT2D eigenvalue weighted by atomic mass is 16.5. The number of nitrogen functional groups attached to an aromatic ring is 1. The number of ether oxygens (including phenoxy) is 1. The molecule has 0 heterocycles. The number of nitrogens with two attached hydrogens (primary N) is 1. The van der Waals surface area contributed by atoms with Gasteiger partial charge in [0, 0.05) is 6.54 Å². The molecule has 0 aliphatic heterocycles. The van der Waals surface area contributed by atoms with Gasteiger partial charge >= 0.3 is 0 Å². The Morgan fingerprint density at radius 1 is 1.33 bits per heavy atom. The van der Waals surface area contributed by atoms with Crippen LogP contribution in [0.3, 0.4) is 0 Å². The molecule has 4 heteroatoms. The molecule has 4 nitrogen and oxygen atoms in total.